The summed E-state index contributed by atoms with van der Waals surface area (Å²) in [5.74, 6) is 6.37. The number of benzene rings is 4. The Labute approximate surface area is 202 Å². The lowest BCUT2D eigenvalue weighted by atomic mass is 10.0. The van der Waals surface area contributed by atoms with Gasteiger partial charge >= 0.3 is 0 Å². The van der Waals surface area contributed by atoms with Gasteiger partial charge in [-0.2, -0.15) is 0 Å². The average Bonchev–Trinajstić information content (AvgIpc) is 2.84. The van der Waals surface area contributed by atoms with Crippen LogP contribution < -0.4 is 5.32 Å². The van der Waals surface area contributed by atoms with Crippen LogP contribution in [0.25, 0.3) is 0 Å². The Morgan fingerprint density at radius 1 is 0.735 bits per heavy atom. The molecule has 0 aliphatic rings. The van der Waals surface area contributed by atoms with Crippen molar-refractivity contribution in [1.82, 2.24) is 0 Å². The van der Waals surface area contributed by atoms with Gasteiger partial charge in [0.05, 0.1) is 0 Å². The van der Waals surface area contributed by atoms with Gasteiger partial charge in [0.1, 0.15) is 5.82 Å². The van der Waals surface area contributed by atoms with Gasteiger partial charge in [0, 0.05) is 29.8 Å². The van der Waals surface area contributed by atoms with Crippen molar-refractivity contribution in [2.45, 2.75) is 25.7 Å². The van der Waals surface area contributed by atoms with E-state index in [-0.39, 0.29) is 5.82 Å². The summed E-state index contributed by atoms with van der Waals surface area (Å²) in [6.07, 6.45) is 3.39. The summed E-state index contributed by atoms with van der Waals surface area (Å²) in [6, 6.07) is 33.9. The van der Waals surface area contributed by atoms with Gasteiger partial charge in [0.25, 0.3) is 0 Å². The van der Waals surface area contributed by atoms with Gasteiger partial charge in [-0.15, -0.1) is 0 Å². The maximum Gasteiger partial charge on any atom is 0.123 e. The molecule has 2 heteroatoms. The van der Waals surface area contributed by atoms with Gasteiger partial charge < -0.3 is 5.32 Å². The van der Waals surface area contributed by atoms with E-state index in [1.807, 2.05) is 12.1 Å². The minimum atomic E-state index is -0.248. The molecule has 4 rings (SSSR count). The van der Waals surface area contributed by atoms with Crippen molar-refractivity contribution >= 4 is 5.69 Å². The third-order valence-corrected chi connectivity index (χ3v) is 5.52. The molecule has 1 N–H and O–H groups in total. The first-order valence-electron chi connectivity index (χ1n) is 11.5. The zero-order valence-electron chi connectivity index (χ0n) is 19.2. The first-order valence-corrected chi connectivity index (χ1v) is 11.5. The molecular formula is C32H28FN. The minimum Gasteiger partial charge on any atom is -0.359 e. The van der Waals surface area contributed by atoms with Gasteiger partial charge in [-0.25, -0.2) is 4.39 Å². The fourth-order valence-electron chi connectivity index (χ4n) is 3.89. The topological polar surface area (TPSA) is 12.0 Å². The molecule has 0 aliphatic carbocycles. The molecule has 0 radical (unpaired) electrons. The summed E-state index contributed by atoms with van der Waals surface area (Å²) in [7, 11) is 0. The fourth-order valence-corrected chi connectivity index (χ4v) is 3.89. The summed E-state index contributed by atoms with van der Waals surface area (Å²) < 4.78 is 13.1. The average molecular weight is 446 g/mol. The summed E-state index contributed by atoms with van der Waals surface area (Å²) in [5, 5.41) is 3.23. The predicted molar refractivity (Wildman–Crippen MR) is 140 cm³/mol. The third-order valence-electron chi connectivity index (χ3n) is 5.52. The predicted octanol–water partition coefficient (Wildman–Crippen LogP) is 7.57. The molecule has 0 atom stereocenters. The van der Waals surface area contributed by atoms with Crippen LogP contribution in [0.5, 0.6) is 0 Å². The molecule has 0 amide bonds. The first-order chi connectivity index (χ1) is 16.6. The molecule has 0 aromatic heterocycles. The lowest BCUT2D eigenvalue weighted by Crippen LogP contribution is -2.01. The largest absolute Gasteiger partial charge is 0.359 e. The minimum absolute atomic E-state index is 0.248. The van der Waals surface area contributed by atoms with E-state index >= 15 is 0 Å². The van der Waals surface area contributed by atoms with Crippen LogP contribution in [-0.2, 0) is 19.3 Å². The molecule has 0 saturated carbocycles. The van der Waals surface area contributed by atoms with Crippen molar-refractivity contribution in [3.63, 3.8) is 0 Å². The van der Waals surface area contributed by atoms with E-state index in [2.05, 4.69) is 90.5 Å². The third kappa shape index (κ3) is 7.22. The van der Waals surface area contributed by atoms with Crippen molar-refractivity contribution in [3.8, 4) is 11.8 Å². The van der Waals surface area contributed by atoms with E-state index in [1.54, 1.807) is 12.1 Å². The van der Waals surface area contributed by atoms with Gasteiger partial charge in [-0.1, -0.05) is 85.1 Å². The molecule has 168 valence electrons. The lowest BCUT2D eigenvalue weighted by molar-refractivity contribution is 0.628. The Morgan fingerprint density at radius 2 is 1.44 bits per heavy atom. The zero-order valence-corrected chi connectivity index (χ0v) is 19.2. The highest BCUT2D eigenvalue weighted by atomic mass is 19.1. The number of rotatable bonds is 8. The highest BCUT2D eigenvalue weighted by molar-refractivity contribution is 5.49. The zero-order chi connectivity index (χ0) is 23.6. The quantitative estimate of drug-likeness (QED) is 0.276. The van der Waals surface area contributed by atoms with Crippen molar-refractivity contribution in [2.24, 2.45) is 0 Å². The molecule has 0 spiro atoms. The standard InChI is InChI=1S/C32H28FN/c1-25(34-32-19-17-31(33)18-20-32)21-29-15-7-13-27(22-29)11-5-6-12-28-14-8-16-30(24-28)23-26-9-3-2-4-10-26/h2-4,7-10,13-20,22,24,34H,1,6,12,21,23H2. The van der Waals surface area contributed by atoms with Crippen LogP contribution in [0, 0.1) is 17.7 Å². The van der Waals surface area contributed by atoms with E-state index in [9.17, 15) is 4.39 Å². The Bertz CT molecular complexity index is 1290. The molecule has 4 aromatic carbocycles. The Balaban J connectivity index is 1.30. The summed E-state index contributed by atoms with van der Waals surface area (Å²) >= 11 is 0. The molecular weight excluding hydrogens is 417 g/mol. The number of nitrogens with one attached hydrogen (secondary N) is 1. The highest BCUT2D eigenvalue weighted by Crippen LogP contribution is 2.15. The fraction of sp³-hybridized carbons (Fsp3) is 0.125. The monoisotopic (exact) mass is 445 g/mol. The van der Waals surface area contributed by atoms with Crippen LogP contribution in [0.3, 0.4) is 0 Å². The van der Waals surface area contributed by atoms with Crippen molar-refractivity contribution in [3.05, 3.63) is 149 Å². The summed E-state index contributed by atoms with van der Waals surface area (Å²) in [6.45, 7) is 4.10. The second-order valence-corrected chi connectivity index (χ2v) is 8.40. The maximum atomic E-state index is 13.1. The van der Waals surface area contributed by atoms with Gasteiger partial charge in [0.15, 0.2) is 0 Å². The SMILES string of the molecule is C=C(Cc1cccc(C#CCCc2cccc(Cc3ccccc3)c2)c1)Nc1ccc(F)cc1. The Kier molecular flexibility index (Phi) is 7.93. The molecule has 0 heterocycles. The van der Waals surface area contributed by atoms with E-state index in [0.29, 0.717) is 6.42 Å². The van der Waals surface area contributed by atoms with Crippen molar-refractivity contribution in [2.75, 3.05) is 5.32 Å². The second-order valence-electron chi connectivity index (χ2n) is 8.40. The highest BCUT2D eigenvalue weighted by Gasteiger charge is 2.01. The Morgan fingerprint density at radius 3 is 2.26 bits per heavy atom. The first kappa shape index (κ1) is 23.1. The normalized spacial score (nSPS) is 10.3. The number of halogens is 1. The molecule has 4 aromatic rings. The molecule has 1 nitrogen and oxygen atoms in total. The molecule has 34 heavy (non-hydrogen) atoms. The van der Waals surface area contributed by atoms with Crippen LogP contribution in [0.2, 0.25) is 0 Å². The number of aryl methyl sites for hydroxylation is 1. The summed E-state index contributed by atoms with van der Waals surface area (Å²) in [5.41, 5.74) is 7.81. The smallest absolute Gasteiger partial charge is 0.123 e. The molecule has 0 unspecified atom stereocenters. The van der Waals surface area contributed by atoms with Crippen LogP contribution in [-0.4, -0.2) is 0 Å². The van der Waals surface area contributed by atoms with E-state index in [0.717, 1.165) is 41.8 Å². The molecule has 0 bridgehead atoms. The van der Waals surface area contributed by atoms with Crippen LogP contribution in [0.15, 0.2) is 115 Å². The van der Waals surface area contributed by atoms with Crippen molar-refractivity contribution < 1.29 is 4.39 Å². The van der Waals surface area contributed by atoms with E-state index in [1.165, 1.54) is 28.8 Å². The lowest BCUT2D eigenvalue weighted by Gasteiger charge is -2.10. The maximum absolute atomic E-state index is 13.1. The second kappa shape index (κ2) is 11.7. The summed E-state index contributed by atoms with van der Waals surface area (Å²) in [4.78, 5) is 0. The number of anilines is 1. The molecule has 0 fully saturated rings. The Hall–Kier alpha value is -4.09. The van der Waals surface area contributed by atoms with Gasteiger partial charge in [-0.3, -0.25) is 0 Å². The molecule has 0 saturated heterocycles. The van der Waals surface area contributed by atoms with Crippen LogP contribution in [0.1, 0.15) is 34.2 Å². The van der Waals surface area contributed by atoms with Gasteiger partial charge in [0.2, 0.25) is 0 Å². The number of allylic oxidation sites excluding steroid dienone is 1. The van der Waals surface area contributed by atoms with Crippen molar-refractivity contribution in [1.29, 1.82) is 0 Å². The number of hydrogen-bond donors (Lipinski definition) is 1. The van der Waals surface area contributed by atoms with Gasteiger partial charge in [-0.05, 0) is 71.5 Å². The molecule has 0 aliphatic heterocycles. The van der Waals surface area contributed by atoms with E-state index < -0.39 is 0 Å². The van der Waals surface area contributed by atoms with Crippen LogP contribution in [0.4, 0.5) is 10.1 Å². The van der Waals surface area contributed by atoms with E-state index in [4.69, 9.17) is 0 Å². The van der Waals surface area contributed by atoms with Crippen LogP contribution >= 0.6 is 0 Å². The number of hydrogen-bond acceptors (Lipinski definition) is 1.